The Morgan fingerprint density at radius 2 is 2.22 bits per heavy atom. The molecule has 0 radical (unpaired) electrons. The lowest BCUT2D eigenvalue weighted by Gasteiger charge is -2.22. The van der Waals surface area contributed by atoms with Crippen LogP contribution in [0.5, 0.6) is 0 Å². The van der Waals surface area contributed by atoms with Crippen molar-refractivity contribution in [2.24, 2.45) is 0 Å². The molecule has 2 unspecified atom stereocenters. The third-order valence-corrected chi connectivity index (χ3v) is 3.83. The number of carbonyl (C=O) groups is 1. The molecule has 4 heteroatoms. The number of rotatable bonds is 8. The van der Waals surface area contributed by atoms with Gasteiger partial charge in [0.25, 0.3) is 0 Å². The van der Waals surface area contributed by atoms with E-state index in [-0.39, 0.29) is 18.1 Å². The van der Waals surface area contributed by atoms with Crippen LogP contribution in [0.15, 0.2) is 17.5 Å². The molecule has 3 nitrogen and oxygen atoms in total. The SMILES string of the molecule is CCCC(NC(CC)c1cccs1)C(=O)OCC. The Labute approximate surface area is 114 Å². The van der Waals surface area contributed by atoms with Crippen molar-refractivity contribution in [3.63, 3.8) is 0 Å². The van der Waals surface area contributed by atoms with Gasteiger partial charge in [0, 0.05) is 10.9 Å². The molecule has 0 amide bonds. The lowest BCUT2D eigenvalue weighted by molar-refractivity contribution is -0.146. The van der Waals surface area contributed by atoms with Gasteiger partial charge in [-0.15, -0.1) is 11.3 Å². The van der Waals surface area contributed by atoms with E-state index >= 15 is 0 Å². The molecular weight excluding hydrogens is 246 g/mol. The molecule has 0 bridgehead atoms. The van der Waals surface area contributed by atoms with Gasteiger partial charge in [0.2, 0.25) is 0 Å². The van der Waals surface area contributed by atoms with Crippen molar-refractivity contribution in [3.8, 4) is 0 Å². The lowest BCUT2D eigenvalue weighted by Crippen LogP contribution is -2.40. The van der Waals surface area contributed by atoms with Gasteiger partial charge in [-0.2, -0.15) is 0 Å². The highest BCUT2D eigenvalue weighted by Crippen LogP contribution is 2.23. The number of esters is 1. The first-order valence-corrected chi connectivity index (χ1v) is 7.56. The van der Waals surface area contributed by atoms with Gasteiger partial charge in [0.15, 0.2) is 0 Å². The standard InChI is InChI=1S/C14H23NO2S/c1-4-8-12(14(16)17-6-3)15-11(5-2)13-9-7-10-18-13/h7,9-12,15H,4-6,8H2,1-3H3. The van der Waals surface area contributed by atoms with E-state index in [0.717, 1.165) is 19.3 Å². The van der Waals surface area contributed by atoms with E-state index in [9.17, 15) is 4.79 Å². The summed E-state index contributed by atoms with van der Waals surface area (Å²) in [5, 5.41) is 5.50. The van der Waals surface area contributed by atoms with E-state index in [1.807, 2.05) is 13.0 Å². The predicted molar refractivity (Wildman–Crippen MR) is 75.8 cm³/mol. The summed E-state index contributed by atoms with van der Waals surface area (Å²) in [7, 11) is 0. The van der Waals surface area contributed by atoms with E-state index < -0.39 is 0 Å². The Hall–Kier alpha value is -0.870. The maximum Gasteiger partial charge on any atom is 0.323 e. The Bertz CT molecular complexity index is 338. The van der Waals surface area contributed by atoms with Crippen molar-refractivity contribution in [3.05, 3.63) is 22.4 Å². The van der Waals surface area contributed by atoms with E-state index in [1.54, 1.807) is 11.3 Å². The second-order valence-electron chi connectivity index (χ2n) is 4.24. The number of hydrogen-bond donors (Lipinski definition) is 1. The third-order valence-electron chi connectivity index (χ3n) is 2.85. The van der Waals surface area contributed by atoms with Crippen LogP contribution < -0.4 is 5.32 Å². The second kappa shape index (κ2) is 8.27. The van der Waals surface area contributed by atoms with Gasteiger partial charge in [-0.1, -0.05) is 26.3 Å². The van der Waals surface area contributed by atoms with Gasteiger partial charge in [-0.3, -0.25) is 10.1 Å². The number of hydrogen-bond acceptors (Lipinski definition) is 4. The summed E-state index contributed by atoms with van der Waals surface area (Å²) in [6, 6.07) is 4.21. The molecule has 0 saturated carbocycles. The monoisotopic (exact) mass is 269 g/mol. The molecule has 0 aliphatic rings. The average molecular weight is 269 g/mol. The summed E-state index contributed by atoms with van der Waals surface area (Å²) < 4.78 is 5.12. The number of nitrogens with one attached hydrogen (secondary N) is 1. The first-order valence-electron chi connectivity index (χ1n) is 6.68. The summed E-state index contributed by atoms with van der Waals surface area (Å²) in [5.41, 5.74) is 0. The van der Waals surface area contributed by atoms with Crippen molar-refractivity contribution in [1.29, 1.82) is 0 Å². The molecular formula is C14H23NO2S. The molecule has 0 spiro atoms. The predicted octanol–water partition coefficient (Wildman–Crippen LogP) is 3.52. The van der Waals surface area contributed by atoms with E-state index in [4.69, 9.17) is 4.74 Å². The van der Waals surface area contributed by atoms with E-state index in [2.05, 4.69) is 30.6 Å². The number of ether oxygens (including phenoxy) is 1. The molecule has 2 atom stereocenters. The average Bonchev–Trinajstić information content (AvgIpc) is 2.88. The van der Waals surface area contributed by atoms with Gasteiger partial charge in [-0.05, 0) is 31.2 Å². The molecule has 0 fully saturated rings. The quantitative estimate of drug-likeness (QED) is 0.734. The Morgan fingerprint density at radius 1 is 1.44 bits per heavy atom. The maximum absolute atomic E-state index is 11.9. The molecule has 1 heterocycles. The van der Waals surface area contributed by atoms with Gasteiger partial charge in [0.05, 0.1) is 6.61 Å². The van der Waals surface area contributed by atoms with Crippen LogP contribution in [-0.4, -0.2) is 18.6 Å². The van der Waals surface area contributed by atoms with Crippen LogP contribution in [0.3, 0.4) is 0 Å². The normalized spacial score (nSPS) is 14.2. The van der Waals surface area contributed by atoms with Crippen molar-refractivity contribution in [2.45, 2.75) is 52.1 Å². The van der Waals surface area contributed by atoms with Gasteiger partial charge >= 0.3 is 5.97 Å². The molecule has 0 saturated heterocycles. The summed E-state index contributed by atoms with van der Waals surface area (Å²) in [6.07, 6.45) is 2.76. The minimum Gasteiger partial charge on any atom is -0.465 e. The fraction of sp³-hybridized carbons (Fsp3) is 0.643. The first-order chi connectivity index (χ1) is 8.72. The van der Waals surface area contributed by atoms with Crippen LogP contribution in [0.1, 0.15) is 51.0 Å². The Balaban J connectivity index is 2.66. The van der Waals surface area contributed by atoms with Crippen LogP contribution in [0.2, 0.25) is 0 Å². The second-order valence-corrected chi connectivity index (χ2v) is 5.22. The summed E-state index contributed by atoms with van der Waals surface area (Å²) in [6.45, 7) is 6.50. The fourth-order valence-corrected chi connectivity index (χ4v) is 2.80. The van der Waals surface area contributed by atoms with Crippen LogP contribution in [0, 0.1) is 0 Å². The van der Waals surface area contributed by atoms with Crippen molar-refractivity contribution >= 4 is 17.3 Å². The summed E-state index contributed by atoms with van der Waals surface area (Å²) in [5.74, 6) is -0.130. The largest absolute Gasteiger partial charge is 0.465 e. The Morgan fingerprint density at radius 3 is 2.72 bits per heavy atom. The topological polar surface area (TPSA) is 38.3 Å². The highest BCUT2D eigenvalue weighted by atomic mass is 32.1. The lowest BCUT2D eigenvalue weighted by atomic mass is 10.1. The van der Waals surface area contributed by atoms with Crippen LogP contribution in [0.25, 0.3) is 0 Å². The smallest absolute Gasteiger partial charge is 0.323 e. The molecule has 1 N–H and O–H groups in total. The van der Waals surface area contributed by atoms with Gasteiger partial charge < -0.3 is 4.74 Å². The van der Waals surface area contributed by atoms with Gasteiger partial charge in [-0.25, -0.2) is 0 Å². The van der Waals surface area contributed by atoms with E-state index in [1.165, 1.54) is 4.88 Å². The maximum atomic E-state index is 11.9. The molecule has 1 aromatic heterocycles. The zero-order valence-electron chi connectivity index (χ0n) is 11.4. The minimum atomic E-state index is -0.193. The fourth-order valence-electron chi connectivity index (χ4n) is 1.93. The highest BCUT2D eigenvalue weighted by molar-refractivity contribution is 7.10. The number of carbonyl (C=O) groups excluding carboxylic acids is 1. The first kappa shape index (κ1) is 15.2. The van der Waals surface area contributed by atoms with Gasteiger partial charge in [0.1, 0.15) is 6.04 Å². The zero-order chi connectivity index (χ0) is 13.4. The van der Waals surface area contributed by atoms with Crippen molar-refractivity contribution in [2.75, 3.05) is 6.61 Å². The van der Waals surface area contributed by atoms with Crippen LogP contribution in [0.4, 0.5) is 0 Å². The summed E-state index contributed by atoms with van der Waals surface area (Å²) >= 11 is 1.73. The zero-order valence-corrected chi connectivity index (χ0v) is 12.3. The molecule has 1 rings (SSSR count). The van der Waals surface area contributed by atoms with Crippen LogP contribution in [-0.2, 0) is 9.53 Å². The highest BCUT2D eigenvalue weighted by Gasteiger charge is 2.22. The van der Waals surface area contributed by atoms with Crippen molar-refractivity contribution < 1.29 is 9.53 Å². The minimum absolute atomic E-state index is 0.130. The third kappa shape index (κ3) is 4.42. The summed E-state index contributed by atoms with van der Waals surface area (Å²) in [4.78, 5) is 13.2. The van der Waals surface area contributed by atoms with Crippen LogP contribution >= 0.6 is 11.3 Å². The molecule has 0 aromatic carbocycles. The molecule has 102 valence electrons. The molecule has 0 aliphatic heterocycles. The molecule has 18 heavy (non-hydrogen) atoms. The molecule has 1 aromatic rings. The molecule has 0 aliphatic carbocycles. The van der Waals surface area contributed by atoms with Crippen molar-refractivity contribution in [1.82, 2.24) is 5.32 Å². The van der Waals surface area contributed by atoms with E-state index in [0.29, 0.717) is 6.61 Å². The Kier molecular flexibility index (Phi) is 6.98. The number of thiophene rings is 1.